The molecule has 3 N–H and O–H groups in total. The molecule has 0 unspecified atom stereocenters. The fourth-order valence-electron chi connectivity index (χ4n) is 4.10. The summed E-state index contributed by atoms with van der Waals surface area (Å²) in [7, 11) is 0. The lowest BCUT2D eigenvalue weighted by molar-refractivity contribution is 0.556. The van der Waals surface area contributed by atoms with Gasteiger partial charge in [0.2, 0.25) is 5.95 Å². The van der Waals surface area contributed by atoms with Crippen LogP contribution in [0.3, 0.4) is 0 Å². The molecule has 108 valence electrons. The van der Waals surface area contributed by atoms with Crippen molar-refractivity contribution in [3.05, 3.63) is 11.8 Å². The lowest BCUT2D eigenvalue weighted by atomic mass is 10.0. The van der Waals surface area contributed by atoms with Gasteiger partial charge in [-0.05, 0) is 31.7 Å². The summed E-state index contributed by atoms with van der Waals surface area (Å²) in [6.07, 6.45) is 6.44. The third-order valence-electron chi connectivity index (χ3n) is 5.21. The Balaban J connectivity index is 1.58. The van der Waals surface area contributed by atoms with Crippen molar-refractivity contribution in [1.82, 2.24) is 15.3 Å². The molecule has 1 saturated carbocycles. The summed E-state index contributed by atoms with van der Waals surface area (Å²) < 4.78 is 0. The number of hydrogen-bond acceptors (Lipinski definition) is 5. The molecule has 0 spiro atoms. The first-order valence-corrected chi connectivity index (χ1v) is 7.92. The van der Waals surface area contributed by atoms with E-state index in [0.717, 1.165) is 30.5 Å². The molecule has 1 aliphatic carbocycles. The van der Waals surface area contributed by atoms with E-state index in [2.05, 4.69) is 26.3 Å². The number of fused-ring (bicyclic) bond motifs is 1. The zero-order valence-corrected chi connectivity index (χ0v) is 11.9. The van der Waals surface area contributed by atoms with Crippen LogP contribution in [0.25, 0.3) is 0 Å². The first-order chi connectivity index (χ1) is 9.79. The molecule has 0 bridgehead atoms. The molecule has 1 aromatic heterocycles. The van der Waals surface area contributed by atoms with E-state index in [-0.39, 0.29) is 0 Å². The maximum absolute atomic E-state index is 5.95. The molecule has 20 heavy (non-hydrogen) atoms. The first kappa shape index (κ1) is 12.4. The Bertz CT molecular complexity index is 485. The average Bonchev–Trinajstić information content (AvgIpc) is 3.14. The van der Waals surface area contributed by atoms with Crippen molar-refractivity contribution in [2.24, 2.45) is 5.92 Å². The lowest BCUT2D eigenvalue weighted by Gasteiger charge is -2.20. The van der Waals surface area contributed by atoms with E-state index in [1.165, 1.54) is 38.6 Å². The van der Waals surface area contributed by atoms with Gasteiger partial charge in [0, 0.05) is 31.1 Å². The van der Waals surface area contributed by atoms with E-state index < -0.39 is 0 Å². The number of rotatable bonds is 2. The molecule has 0 amide bonds. The van der Waals surface area contributed by atoms with E-state index in [1.807, 2.05) is 0 Å². The standard InChI is InChI=1S/C15H23N5/c16-15-18-12(10-3-1-2-4-10)7-14(19-15)20-8-11-5-6-17-13(11)9-20/h7,10-11,13,17H,1-6,8-9H2,(H2,16,18,19)/t11-,13+/m0/s1. The van der Waals surface area contributed by atoms with Gasteiger partial charge in [-0.2, -0.15) is 4.98 Å². The molecule has 5 nitrogen and oxygen atoms in total. The summed E-state index contributed by atoms with van der Waals surface area (Å²) >= 11 is 0. The summed E-state index contributed by atoms with van der Waals surface area (Å²) in [5, 5.41) is 3.59. The Morgan fingerprint density at radius 1 is 1.15 bits per heavy atom. The van der Waals surface area contributed by atoms with Gasteiger partial charge in [-0.15, -0.1) is 0 Å². The number of nitrogens with two attached hydrogens (primary N) is 1. The van der Waals surface area contributed by atoms with Crippen molar-refractivity contribution in [2.45, 2.75) is 44.1 Å². The van der Waals surface area contributed by atoms with E-state index in [9.17, 15) is 0 Å². The molecule has 2 aliphatic heterocycles. The van der Waals surface area contributed by atoms with Gasteiger partial charge in [-0.25, -0.2) is 4.98 Å². The molecule has 2 saturated heterocycles. The molecular weight excluding hydrogens is 250 g/mol. The van der Waals surface area contributed by atoms with Gasteiger partial charge < -0.3 is 16.0 Å². The van der Waals surface area contributed by atoms with Crippen molar-refractivity contribution < 1.29 is 0 Å². The summed E-state index contributed by atoms with van der Waals surface area (Å²) in [4.78, 5) is 11.4. The Hall–Kier alpha value is -1.36. The second kappa shape index (κ2) is 4.88. The number of hydrogen-bond donors (Lipinski definition) is 2. The summed E-state index contributed by atoms with van der Waals surface area (Å²) in [5.74, 6) is 2.85. The van der Waals surface area contributed by atoms with Crippen LogP contribution >= 0.6 is 0 Å². The third-order valence-corrected chi connectivity index (χ3v) is 5.21. The fraction of sp³-hybridized carbons (Fsp3) is 0.733. The number of nitrogens with one attached hydrogen (secondary N) is 1. The van der Waals surface area contributed by atoms with Crippen molar-refractivity contribution in [2.75, 3.05) is 30.3 Å². The summed E-state index contributed by atoms with van der Waals surface area (Å²) in [6.45, 7) is 3.34. The summed E-state index contributed by atoms with van der Waals surface area (Å²) in [5.41, 5.74) is 7.11. The predicted octanol–water partition coefficient (Wildman–Crippen LogP) is 1.51. The average molecular weight is 273 g/mol. The van der Waals surface area contributed by atoms with Crippen LogP contribution in [0.5, 0.6) is 0 Å². The molecule has 1 aromatic rings. The van der Waals surface area contributed by atoms with E-state index in [4.69, 9.17) is 5.73 Å². The van der Waals surface area contributed by atoms with E-state index in [1.54, 1.807) is 0 Å². The van der Waals surface area contributed by atoms with Gasteiger partial charge in [-0.3, -0.25) is 0 Å². The van der Waals surface area contributed by atoms with Crippen LogP contribution in [0.4, 0.5) is 11.8 Å². The highest BCUT2D eigenvalue weighted by atomic mass is 15.3. The molecule has 5 heteroatoms. The second-order valence-electron chi connectivity index (χ2n) is 6.50. The Morgan fingerprint density at radius 3 is 2.80 bits per heavy atom. The van der Waals surface area contributed by atoms with Crippen molar-refractivity contribution in [3.63, 3.8) is 0 Å². The Kier molecular flexibility index (Phi) is 3.02. The minimum absolute atomic E-state index is 0.439. The minimum atomic E-state index is 0.439. The first-order valence-electron chi connectivity index (χ1n) is 7.92. The largest absolute Gasteiger partial charge is 0.368 e. The van der Waals surface area contributed by atoms with Crippen molar-refractivity contribution >= 4 is 11.8 Å². The third kappa shape index (κ3) is 2.14. The highest BCUT2D eigenvalue weighted by molar-refractivity contribution is 5.46. The van der Waals surface area contributed by atoms with Crippen LogP contribution in [-0.4, -0.2) is 35.6 Å². The van der Waals surface area contributed by atoms with Crippen LogP contribution in [0.15, 0.2) is 6.07 Å². The van der Waals surface area contributed by atoms with Gasteiger partial charge >= 0.3 is 0 Å². The lowest BCUT2D eigenvalue weighted by Crippen LogP contribution is -2.30. The highest BCUT2D eigenvalue weighted by Gasteiger charge is 2.36. The maximum atomic E-state index is 5.95. The van der Waals surface area contributed by atoms with Crippen LogP contribution in [0, 0.1) is 5.92 Å². The van der Waals surface area contributed by atoms with Gasteiger partial charge in [0.1, 0.15) is 5.82 Å². The molecule has 4 rings (SSSR count). The van der Waals surface area contributed by atoms with Crippen LogP contribution in [0.2, 0.25) is 0 Å². The van der Waals surface area contributed by atoms with Gasteiger partial charge in [0.25, 0.3) is 0 Å². The fourth-order valence-corrected chi connectivity index (χ4v) is 4.10. The van der Waals surface area contributed by atoms with Crippen molar-refractivity contribution in [1.29, 1.82) is 0 Å². The molecule has 0 aromatic carbocycles. The summed E-state index contributed by atoms with van der Waals surface area (Å²) in [6, 6.07) is 2.83. The van der Waals surface area contributed by atoms with Crippen LogP contribution in [0.1, 0.15) is 43.7 Å². The number of nitrogens with zero attached hydrogens (tertiary/aromatic N) is 3. The normalized spacial score (nSPS) is 30.1. The van der Waals surface area contributed by atoms with Crippen LogP contribution in [-0.2, 0) is 0 Å². The Labute approximate surface area is 120 Å². The molecule has 3 aliphatic rings. The number of nitrogen functional groups attached to an aromatic ring is 1. The van der Waals surface area contributed by atoms with Crippen LogP contribution < -0.4 is 16.0 Å². The SMILES string of the molecule is Nc1nc(C2CCCC2)cc(N2C[C@@H]3CCN[C@@H]3C2)n1. The van der Waals surface area contributed by atoms with Gasteiger partial charge in [-0.1, -0.05) is 12.8 Å². The Morgan fingerprint density at radius 2 is 2.00 bits per heavy atom. The molecule has 2 atom stereocenters. The van der Waals surface area contributed by atoms with Crippen molar-refractivity contribution in [3.8, 4) is 0 Å². The quantitative estimate of drug-likeness (QED) is 0.855. The van der Waals surface area contributed by atoms with Gasteiger partial charge in [0.05, 0.1) is 5.69 Å². The molecule has 3 fully saturated rings. The minimum Gasteiger partial charge on any atom is -0.368 e. The highest BCUT2D eigenvalue weighted by Crippen LogP contribution is 2.35. The van der Waals surface area contributed by atoms with E-state index >= 15 is 0 Å². The zero-order valence-electron chi connectivity index (χ0n) is 11.9. The number of anilines is 2. The second-order valence-corrected chi connectivity index (χ2v) is 6.50. The van der Waals surface area contributed by atoms with Gasteiger partial charge in [0.15, 0.2) is 0 Å². The number of aromatic nitrogens is 2. The maximum Gasteiger partial charge on any atom is 0.222 e. The smallest absolute Gasteiger partial charge is 0.222 e. The zero-order chi connectivity index (χ0) is 13.5. The predicted molar refractivity (Wildman–Crippen MR) is 79.8 cm³/mol. The monoisotopic (exact) mass is 273 g/mol. The molecule has 0 radical (unpaired) electrons. The van der Waals surface area contributed by atoms with E-state index in [0.29, 0.717) is 17.9 Å². The topological polar surface area (TPSA) is 67.1 Å². The molecule has 3 heterocycles. The molecular formula is C15H23N5.